The van der Waals surface area contributed by atoms with E-state index in [0.717, 1.165) is 4.88 Å². The van der Waals surface area contributed by atoms with Gasteiger partial charge in [-0.25, -0.2) is 12.7 Å². The van der Waals surface area contributed by atoms with Crippen molar-refractivity contribution in [3.63, 3.8) is 0 Å². The first kappa shape index (κ1) is 19.0. The molecular formula is C16H22N4O4S2. The third kappa shape index (κ3) is 4.30. The Kier molecular flexibility index (Phi) is 5.73. The largest absolute Gasteiger partial charge is 0.337 e. The molecule has 2 aromatic rings. The fourth-order valence-corrected chi connectivity index (χ4v) is 4.60. The summed E-state index contributed by atoms with van der Waals surface area (Å²) >= 11 is 1.52. The van der Waals surface area contributed by atoms with Crippen LogP contribution in [0.3, 0.4) is 0 Å². The van der Waals surface area contributed by atoms with E-state index in [1.807, 2.05) is 24.4 Å². The summed E-state index contributed by atoms with van der Waals surface area (Å²) in [6.45, 7) is 3.31. The second-order valence-corrected chi connectivity index (χ2v) is 9.23. The summed E-state index contributed by atoms with van der Waals surface area (Å²) in [6, 6.07) is 3.82. The summed E-state index contributed by atoms with van der Waals surface area (Å²) in [5.41, 5.74) is 0. The van der Waals surface area contributed by atoms with Crippen LogP contribution < -0.4 is 0 Å². The molecule has 0 saturated carbocycles. The number of nitrogens with zero attached hydrogens (tertiary/aromatic N) is 4. The van der Waals surface area contributed by atoms with Gasteiger partial charge in [-0.1, -0.05) is 11.2 Å². The van der Waals surface area contributed by atoms with Crippen LogP contribution in [-0.2, 0) is 21.4 Å². The maximum absolute atomic E-state index is 12.9. The topological polar surface area (TPSA) is 96.6 Å². The minimum atomic E-state index is -3.28. The van der Waals surface area contributed by atoms with E-state index in [-0.39, 0.29) is 24.9 Å². The van der Waals surface area contributed by atoms with E-state index in [1.54, 1.807) is 4.90 Å². The maximum Gasteiger partial charge on any atom is 0.246 e. The van der Waals surface area contributed by atoms with E-state index >= 15 is 0 Å². The Balaban J connectivity index is 1.67. The van der Waals surface area contributed by atoms with E-state index in [9.17, 15) is 13.2 Å². The summed E-state index contributed by atoms with van der Waals surface area (Å²) in [5, 5.41) is 5.90. The van der Waals surface area contributed by atoms with E-state index < -0.39 is 10.0 Å². The summed E-state index contributed by atoms with van der Waals surface area (Å²) < 4.78 is 30.2. The molecule has 8 nitrogen and oxygen atoms in total. The molecule has 1 amide bonds. The molecule has 0 aromatic carbocycles. The van der Waals surface area contributed by atoms with E-state index in [0.29, 0.717) is 37.6 Å². The Morgan fingerprint density at radius 1 is 1.50 bits per heavy atom. The second-order valence-electron chi connectivity index (χ2n) is 6.30. The van der Waals surface area contributed by atoms with Crippen molar-refractivity contribution in [3.05, 3.63) is 23.4 Å². The first-order valence-electron chi connectivity index (χ1n) is 8.49. The van der Waals surface area contributed by atoms with Crippen LogP contribution in [0.2, 0.25) is 0 Å². The predicted octanol–water partition coefficient (Wildman–Crippen LogP) is 1.82. The SMILES string of the molecule is CCN(Cc1nc(-c2cccs2)no1)C(=O)C1CCCN(S(C)(=O)=O)C1. The zero-order valence-corrected chi connectivity index (χ0v) is 16.4. The standard InChI is InChI=1S/C16H22N4O4S2/c1-3-19(11-14-17-15(18-24-14)13-7-5-9-25-13)16(21)12-6-4-8-20(10-12)26(2,22)23/h5,7,9,12H,3-4,6,8,10-11H2,1-2H3. The highest BCUT2D eigenvalue weighted by atomic mass is 32.2. The minimum absolute atomic E-state index is 0.0725. The predicted molar refractivity (Wildman–Crippen MR) is 97.8 cm³/mol. The third-order valence-corrected chi connectivity index (χ3v) is 6.57. The van der Waals surface area contributed by atoms with Gasteiger partial charge in [-0.15, -0.1) is 11.3 Å². The van der Waals surface area contributed by atoms with Crippen LogP contribution in [0.15, 0.2) is 22.0 Å². The lowest BCUT2D eigenvalue weighted by molar-refractivity contribution is -0.137. The van der Waals surface area contributed by atoms with Gasteiger partial charge in [0.05, 0.1) is 23.6 Å². The van der Waals surface area contributed by atoms with Crippen LogP contribution in [0, 0.1) is 5.92 Å². The van der Waals surface area contributed by atoms with Crippen LogP contribution in [0.5, 0.6) is 0 Å². The molecule has 0 bridgehead atoms. The number of hydrogen-bond acceptors (Lipinski definition) is 7. The first-order valence-corrected chi connectivity index (χ1v) is 11.2. The lowest BCUT2D eigenvalue weighted by Gasteiger charge is -2.33. The third-order valence-electron chi connectivity index (χ3n) is 4.43. The van der Waals surface area contributed by atoms with Crippen LogP contribution in [0.4, 0.5) is 0 Å². The van der Waals surface area contributed by atoms with Crippen molar-refractivity contribution in [1.29, 1.82) is 0 Å². The van der Waals surface area contributed by atoms with Crippen molar-refractivity contribution in [1.82, 2.24) is 19.3 Å². The summed E-state index contributed by atoms with van der Waals surface area (Å²) in [5.74, 6) is 0.480. The molecule has 0 aliphatic carbocycles. The van der Waals surface area contributed by atoms with Crippen molar-refractivity contribution in [2.24, 2.45) is 5.92 Å². The molecule has 1 aliphatic heterocycles. The van der Waals surface area contributed by atoms with Crippen molar-refractivity contribution in [2.45, 2.75) is 26.3 Å². The number of aromatic nitrogens is 2. The zero-order valence-electron chi connectivity index (χ0n) is 14.8. The van der Waals surface area contributed by atoms with Crippen molar-refractivity contribution in [3.8, 4) is 10.7 Å². The maximum atomic E-state index is 12.9. The van der Waals surface area contributed by atoms with Gasteiger partial charge in [0.1, 0.15) is 0 Å². The fourth-order valence-electron chi connectivity index (χ4n) is 3.04. The average molecular weight is 399 g/mol. The molecule has 3 rings (SSSR count). The molecule has 1 aliphatic rings. The van der Waals surface area contributed by atoms with Crippen LogP contribution in [0.1, 0.15) is 25.7 Å². The molecule has 26 heavy (non-hydrogen) atoms. The van der Waals surface area contributed by atoms with Crippen LogP contribution in [-0.4, -0.2) is 59.6 Å². The van der Waals surface area contributed by atoms with Gasteiger partial charge in [0.15, 0.2) is 0 Å². The van der Waals surface area contributed by atoms with Gasteiger partial charge in [-0.05, 0) is 31.2 Å². The highest BCUT2D eigenvalue weighted by molar-refractivity contribution is 7.88. The Morgan fingerprint density at radius 3 is 2.96 bits per heavy atom. The van der Waals surface area contributed by atoms with Gasteiger partial charge in [-0.2, -0.15) is 4.98 Å². The Morgan fingerprint density at radius 2 is 2.31 bits per heavy atom. The molecule has 142 valence electrons. The number of rotatable bonds is 6. The lowest BCUT2D eigenvalue weighted by atomic mass is 9.98. The monoisotopic (exact) mass is 398 g/mol. The smallest absolute Gasteiger partial charge is 0.246 e. The number of sulfonamides is 1. The first-order chi connectivity index (χ1) is 12.4. The van der Waals surface area contributed by atoms with Gasteiger partial charge in [0, 0.05) is 19.6 Å². The number of thiophene rings is 1. The Bertz CT molecular complexity index is 847. The number of carbonyl (C=O) groups is 1. The van der Waals surface area contributed by atoms with Gasteiger partial charge in [0.2, 0.25) is 27.6 Å². The fraction of sp³-hybridized carbons (Fsp3) is 0.562. The normalized spacial score (nSPS) is 18.8. The molecule has 1 atom stereocenters. The molecule has 0 radical (unpaired) electrons. The van der Waals surface area contributed by atoms with Gasteiger partial charge >= 0.3 is 0 Å². The van der Waals surface area contributed by atoms with Gasteiger partial charge < -0.3 is 9.42 Å². The minimum Gasteiger partial charge on any atom is -0.337 e. The number of piperidine rings is 1. The van der Waals surface area contributed by atoms with Gasteiger partial charge in [0.25, 0.3) is 0 Å². The molecule has 2 aromatic heterocycles. The molecule has 1 fully saturated rings. The summed E-state index contributed by atoms with van der Waals surface area (Å²) in [6.07, 6.45) is 2.55. The molecule has 0 spiro atoms. The highest BCUT2D eigenvalue weighted by Gasteiger charge is 2.32. The molecule has 3 heterocycles. The highest BCUT2D eigenvalue weighted by Crippen LogP contribution is 2.23. The Labute approximate surface area is 156 Å². The summed E-state index contributed by atoms with van der Waals surface area (Å²) in [7, 11) is -3.28. The molecule has 1 unspecified atom stereocenters. The van der Waals surface area contributed by atoms with E-state index in [1.165, 1.54) is 21.9 Å². The molecule has 1 saturated heterocycles. The number of amides is 1. The van der Waals surface area contributed by atoms with Gasteiger partial charge in [-0.3, -0.25) is 4.79 Å². The molecule has 10 heteroatoms. The van der Waals surface area contributed by atoms with Crippen molar-refractivity contribution < 1.29 is 17.7 Å². The van der Waals surface area contributed by atoms with E-state index in [4.69, 9.17) is 4.52 Å². The van der Waals surface area contributed by atoms with Crippen molar-refractivity contribution in [2.75, 3.05) is 25.9 Å². The number of hydrogen-bond donors (Lipinski definition) is 0. The Hall–Kier alpha value is -1.78. The van der Waals surface area contributed by atoms with Crippen molar-refractivity contribution >= 4 is 27.3 Å². The quantitative estimate of drug-likeness (QED) is 0.736. The van der Waals surface area contributed by atoms with Crippen LogP contribution >= 0.6 is 11.3 Å². The zero-order chi connectivity index (χ0) is 18.7. The lowest BCUT2D eigenvalue weighted by Crippen LogP contribution is -2.46. The second kappa shape index (κ2) is 7.85. The average Bonchev–Trinajstić information content (AvgIpc) is 3.30. The number of carbonyl (C=O) groups excluding carboxylic acids is 1. The molecule has 0 N–H and O–H groups in total. The van der Waals surface area contributed by atoms with Crippen LogP contribution in [0.25, 0.3) is 10.7 Å². The summed E-state index contributed by atoms with van der Waals surface area (Å²) in [4.78, 5) is 19.8. The molecular weight excluding hydrogens is 376 g/mol. The van der Waals surface area contributed by atoms with E-state index in [2.05, 4.69) is 10.1 Å².